The maximum atomic E-state index is 13.3. The minimum Gasteiger partial charge on any atom is -0.354 e. The molecule has 0 saturated carbocycles. The molecule has 6 nitrogen and oxygen atoms in total. The summed E-state index contributed by atoms with van der Waals surface area (Å²) < 4.78 is 76.9. The normalized spacial score (nSPS) is 17.8. The first-order chi connectivity index (χ1) is 8.61. The van der Waals surface area contributed by atoms with Crippen molar-refractivity contribution in [2.24, 2.45) is 0 Å². The molecule has 1 rings (SSSR count). The quantitative estimate of drug-likeness (QED) is 0.253. The van der Waals surface area contributed by atoms with Crippen LogP contribution in [0.2, 0.25) is 0 Å². The van der Waals surface area contributed by atoms with Crippen molar-refractivity contribution in [1.29, 1.82) is 0 Å². The van der Waals surface area contributed by atoms with Gasteiger partial charge in [0.1, 0.15) is 0 Å². The third-order valence-electron chi connectivity index (χ3n) is 1.99. The predicted octanol–water partition coefficient (Wildman–Crippen LogP) is 1.21. The van der Waals surface area contributed by atoms with E-state index in [1.165, 1.54) is 0 Å². The summed E-state index contributed by atoms with van der Waals surface area (Å²) in [6.07, 6.45) is 0. The molecule has 19 heavy (non-hydrogen) atoms. The van der Waals surface area contributed by atoms with Gasteiger partial charge in [-0.3, -0.25) is 13.7 Å². The summed E-state index contributed by atoms with van der Waals surface area (Å²) in [5.41, 5.74) is -5.27. The second-order valence-corrected chi connectivity index (χ2v) is 5.19. The van der Waals surface area contributed by atoms with E-state index in [2.05, 4.69) is 4.52 Å². The van der Waals surface area contributed by atoms with Crippen LogP contribution >= 0.6 is 16.3 Å². The van der Waals surface area contributed by atoms with Crippen LogP contribution in [0.25, 0.3) is 0 Å². The molecule has 0 bridgehead atoms. The molecule has 0 fully saturated rings. The predicted molar refractivity (Wildman–Crippen MR) is 53.7 cm³/mol. The molecule has 108 valence electrons. The van der Waals surface area contributed by atoms with Gasteiger partial charge in [0.05, 0.1) is 5.56 Å². The first-order valence-electron chi connectivity index (χ1n) is 4.32. The van der Waals surface area contributed by atoms with E-state index in [4.69, 9.17) is 9.79 Å². The highest BCUT2D eigenvalue weighted by molar-refractivity contribution is 7.40. The van der Waals surface area contributed by atoms with Gasteiger partial charge in [-0.15, -0.1) is 0 Å². The summed E-state index contributed by atoms with van der Waals surface area (Å²) in [5, 5.41) is 9.48. The lowest BCUT2D eigenvalue weighted by Crippen LogP contribution is -2.25. The highest BCUT2D eigenvalue weighted by Gasteiger charge is 2.43. The molecule has 0 aliphatic carbocycles. The Hall–Kier alpha value is -0.760. The summed E-state index contributed by atoms with van der Waals surface area (Å²) in [7, 11) is -8.41. The molecule has 0 saturated heterocycles. The third kappa shape index (κ3) is 3.05. The van der Waals surface area contributed by atoms with Crippen molar-refractivity contribution in [3.05, 3.63) is 34.9 Å². The molecule has 0 heterocycles. The van der Waals surface area contributed by atoms with Crippen LogP contribution in [-0.2, 0) is 19.2 Å². The summed E-state index contributed by atoms with van der Waals surface area (Å²) in [5.74, 6) is -8.82. The van der Waals surface area contributed by atoms with Crippen LogP contribution in [0, 0.1) is 23.3 Å². The van der Waals surface area contributed by atoms with Crippen molar-refractivity contribution in [3.63, 3.8) is 0 Å². The monoisotopic (exact) mass is 324 g/mol. The molecular weight excluding hydrogens is 318 g/mol. The maximum Gasteiger partial charge on any atom is 0.319 e. The number of benzene rings is 1. The minimum absolute atomic E-state index is 0.155. The van der Waals surface area contributed by atoms with E-state index < -0.39 is 50.6 Å². The van der Waals surface area contributed by atoms with Crippen molar-refractivity contribution >= 4 is 16.3 Å². The van der Waals surface area contributed by atoms with Crippen LogP contribution in [0.3, 0.4) is 0 Å². The molecule has 0 aliphatic rings. The SMILES string of the molecule is O=[PH](O)OC(O)(c1cc(F)c(F)c(F)c1F)[PH](=O)O. The highest BCUT2D eigenvalue weighted by atomic mass is 31.1. The Labute approximate surface area is 104 Å². The second-order valence-electron chi connectivity index (χ2n) is 3.17. The molecule has 1 aromatic rings. The first kappa shape index (κ1) is 16.3. The molecule has 1 aromatic carbocycles. The van der Waals surface area contributed by atoms with E-state index in [-0.39, 0.29) is 6.07 Å². The fourth-order valence-electron chi connectivity index (χ4n) is 1.16. The van der Waals surface area contributed by atoms with Gasteiger partial charge in [0.2, 0.25) is 0 Å². The number of halogens is 4. The Balaban J connectivity index is 3.57. The van der Waals surface area contributed by atoms with Crippen LogP contribution in [-0.4, -0.2) is 14.9 Å². The molecule has 0 radical (unpaired) electrons. The Bertz CT molecular complexity index is 567. The van der Waals surface area contributed by atoms with Gasteiger partial charge in [-0.1, -0.05) is 0 Å². The van der Waals surface area contributed by atoms with Crippen LogP contribution in [0.1, 0.15) is 5.56 Å². The van der Waals surface area contributed by atoms with Gasteiger partial charge in [-0.2, -0.15) is 0 Å². The van der Waals surface area contributed by atoms with Gasteiger partial charge >= 0.3 is 8.25 Å². The number of aliphatic hydroxyl groups is 1. The van der Waals surface area contributed by atoms with Crippen molar-refractivity contribution in [3.8, 4) is 0 Å². The molecule has 0 aromatic heterocycles. The van der Waals surface area contributed by atoms with E-state index in [0.29, 0.717) is 0 Å². The number of hydrogen-bond donors (Lipinski definition) is 3. The molecule has 0 spiro atoms. The van der Waals surface area contributed by atoms with Crippen molar-refractivity contribution < 1.29 is 46.1 Å². The second kappa shape index (κ2) is 5.70. The Morgan fingerprint density at radius 3 is 2.00 bits per heavy atom. The van der Waals surface area contributed by atoms with Crippen LogP contribution in [0.4, 0.5) is 17.6 Å². The van der Waals surface area contributed by atoms with Gasteiger partial charge in [-0.25, -0.2) is 17.6 Å². The zero-order chi connectivity index (χ0) is 15.0. The Morgan fingerprint density at radius 2 is 1.58 bits per heavy atom. The van der Waals surface area contributed by atoms with Crippen molar-refractivity contribution in [2.75, 3.05) is 0 Å². The topological polar surface area (TPSA) is 104 Å². The van der Waals surface area contributed by atoms with Gasteiger partial charge in [-0.05, 0) is 6.07 Å². The summed E-state index contributed by atoms with van der Waals surface area (Å²) in [6, 6.07) is -0.155. The fourth-order valence-corrected chi connectivity index (χ4v) is 2.55. The van der Waals surface area contributed by atoms with E-state index in [0.717, 1.165) is 0 Å². The third-order valence-corrected chi connectivity index (χ3v) is 3.62. The molecule has 0 amide bonds. The Kier molecular flexibility index (Phi) is 4.89. The highest BCUT2D eigenvalue weighted by Crippen LogP contribution is 2.49. The van der Waals surface area contributed by atoms with E-state index >= 15 is 0 Å². The summed E-state index contributed by atoms with van der Waals surface area (Å²) in [6.45, 7) is 0. The average Bonchev–Trinajstić information content (AvgIpc) is 2.29. The molecular formula is C7H6F4O6P2. The van der Waals surface area contributed by atoms with Crippen molar-refractivity contribution in [1.82, 2.24) is 0 Å². The zero-order valence-electron chi connectivity index (χ0n) is 8.66. The lowest BCUT2D eigenvalue weighted by Gasteiger charge is -2.24. The summed E-state index contributed by atoms with van der Waals surface area (Å²) in [4.78, 5) is 17.2. The van der Waals surface area contributed by atoms with Gasteiger partial charge in [0.15, 0.2) is 23.3 Å². The fraction of sp³-hybridized carbons (Fsp3) is 0.143. The zero-order valence-corrected chi connectivity index (χ0v) is 10.7. The van der Waals surface area contributed by atoms with Crippen LogP contribution in [0.5, 0.6) is 0 Å². The average molecular weight is 324 g/mol. The molecule has 3 atom stereocenters. The number of hydrogen-bond acceptors (Lipinski definition) is 4. The van der Waals surface area contributed by atoms with Crippen LogP contribution < -0.4 is 0 Å². The summed E-state index contributed by atoms with van der Waals surface area (Å²) >= 11 is 0. The van der Waals surface area contributed by atoms with Gasteiger partial charge in [0.25, 0.3) is 13.6 Å². The lowest BCUT2D eigenvalue weighted by molar-refractivity contribution is -0.0772. The largest absolute Gasteiger partial charge is 0.354 e. The van der Waals surface area contributed by atoms with Crippen LogP contribution in [0.15, 0.2) is 6.07 Å². The molecule has 3 N–H and O–H groups in total. The van der Waals surface area contributed by atoms with E-state index in [1.807, 2.05) is 0 Å². The van der Waals surface area contributed by atoms with E-state index in [1.54, 1.807) is 0 Å². The van der Waals surface area contributed by atoms with Gasteiger partial charge < -0.3 is 14.9 Å². The standard InChI is InChI=1S/C7H6F4O6P2/c8-3-1-2(4(9)6(11)5(3)10)7(12,18(13)14)17-19(15)16/h1,12,18-19H,(H,13,14)(H,15,16). The Morgan fingerprint density at radius 1 is 1.05 bits per heavy atom. The van der Waals surface area contributed by atoms with E-state index in [9.17, 15) is 31.8 Å². The number of rotatable bonds is 4. The molecule has 0 aliphatic heterocycles. The lowest BCUT2D eigenvalue weighted by atomic mass is 10.2. The molecule has 12 heteroatoms. The first-order valence-corrected chi connectivity index (χ1v) is 6.94. The minimum atomic E-state index is -4.33. The maximum absolute atomic E-state index is 13.3. The molecule has 3 unspecified atom stereocenters. The van der Waals surface area contributed by atoms with Crippen molar-refractivity contribution in [2.45, 2.75) is 5.53 Å². The van der Waals surface area contributed by atoms with Gasteiger partial charge in [0, 0.05) is 0 Å². The smallest absolute Gasteiger partial charge is 0.319 e.